The minimum atomic E-state index is -1.07. The van der Waals surface area contributed by atoms with Crippen LogP contribution in [0.5, 0.6) is 0 Å². The molecule has 0 spiro atoms. The lowest BCUT2D eigenvalue weighted by atomic mass is 9.86. The molecule has 0 aliphatic heterocycles. The zero-order valence-corrected chi connectivity index (χ0v) is 12.1. The van der Waals surface area contributed by atoms with Gasteiger partial charge < -0.3 is 16.2 Å². The maximum Gasteiger partial charge on any atom is 0.326 e. The topological polar surface area (TPSA) is 92.4 Å². The highest BCUT2D eigenvalue weighted by Gasteiger charge is 2.30. The smallest absolute Gasteiger partial charge is 0.326 e. The molecule has 1 rings (SSSR count). The Kier molecular flexibility index (Phi) is 5.27. The van der Waals surface area contributed by atoms with E-state index in [1.165, 1.54) is 0 Å². The van der Waals surface area contributed by atoms with E-state index in [0.29, 0.717) is 0 Å². The van der Waals surface area contributed by atoms with Crippen LogP contribution in [0.1, 0.15) is 26.3 Å². The summed E-state index contributed by atoms with van der Waals surface area (Å²) in [4.78, 5) is 23.3. The fraction of sp³-hybridized carbons (Fsp3) is 0.467. The van der Waals surface area contributed by atoms with E-state index in [0.717, 1.165) is 5.56 Å². The predicted molar refractivity (Wildman–Crippen MR) is 77.1 cm³/mol. The molecular formula is C15H22N2O3. The van der Waals surface area contributed by atoms with Crippen LogP contribution in [0.4, 0.5) is 0 Å². The Hall–Kier alpha value is -1.88. The standard InChI is InChI=1S/C15H22N2O3/c1-15(2,3)12(16)13(18)17-11(14(19)20)9-10-7-5-4-6-8-10/h4-8,11-12H,9,16H2,1-3H3,(H,17,18)(H,19,20)/t11-,12-/m1/s1. The van der Waals surface area contributed by atoms with Gasteiger partial charge in [-0.1, -0.05) is 51.1 Å². The first kappa shape index (κ1) is 16.2. The van der Waals surface area contributed by atoms with Crippen LogP contribution in [0, 0.1) is 5.41 Å². The van der Waals surface area contributed by atoms with E-state index in [9.17, 15) is 14.7 Å². The molecule has 1 amide bonds. The third-order valence-corrected chi connectivity index (χ3v) is 3.11. The number of carbonyl (C=O) groups is 2. The second kappa shape index (κ2) is 6.52. The average Bonchev–Trinajstić information content (AvgIpc) is 2.37. The van der Waals surface area contributed by atoms with Gasteiger partial charge in [-0.3, -0.25) is 4.79 Å². The third-order valence-electron chi connectivity index (χ3n) is 3.11. The van der Waals surface area contributed by atoms with Crippen molar-refractivity contribution in [2.24, 2.45) is 11.1 Å². The van der Waals surface area contributed by atoms with Crippen molar-refractivity contribution in [3.63, 3.8) is 0 Å². The number of benzene rings is 1. The Morgan fingerprint density at radius 3 is 2.25 bits per heavy atom. The summed E-state index contributed by atoms with van der Waals surface area (Å²) in [6, 6.07) is 7.44. The summed E-state index contributed by atoms with van der Waals surface area (Å²) >= 11 is 0. The Labute approximate surface area is 119 Å². The number of carboxylic acids is 1. The molecule has 5 nitrogen and oxygen atoms in total. The molecule has 0 fully saturated rings. The first-order valence-electron chi connectivity index (χ1n) is 6.54. The molecule has 0 unspecified atom stereocenters. The molecule has 0 aliphatic carbocycles. The molecule has 110 valence electrons. The monoisotopic (exact) mass is 278 g/mol. The van der Waals surface area contributed by atoms with E-state index in [1.54, 1.807) is 0 Å². The summed E-state index contributed by atoms with van der Waals surface area (Å²) < 4.78 is 0. The van der Waals surface area contributed by atoms with E-state index >= 15 is 0 Å². The summed E-state index contributed by atoms with van der Waals surface area (Å²) in [6.07, 6.45) is 0.235. The fourth-order valence-corrected chi connectivity index (χ4v) is 1.70. The van der Waals surface area contributed by atoms with Gasteiger partial charge in [-0.2, -0.15) is 0 Å². The maximum atomic E-state index is 12.0. The maximum absolute atomic E-state index is 12.0. The van der Waals surface area contributed by atoms with Crippen LogP contribution in [0.3, 0.4) is 0 Å². The first-order valence-corrected chi connectivity index (χ1v) is 6.54. The van der Waals surface area contributed by atoms with Gasteiger partial charge in [0.05, 0.1) is 6.04 Å². The van der Waals surface area contributed by atoms with Gasteiger partial charge >= 0.3 is 5.97 Å². The molecule has 0 aromatic heterocycles. The van der Waals surface area contributed by atoms with E-state index < -0.39 is 29.4 Å². The Morgan fingerprint density at radius 1 is 1.25 bits per heavy atom. The summed E-state index contributed by atoms with van der Waals surface area (Å²) in [5.41, 5.74) is 6.27. The van der Waals surface area contributed by atoms with Crippen molar-refractivity contribution < 1.29 is 14.7 Å². The quantitative estimate of drug-likeness (QED) is 0.754. The number of nitrogens with two attached hydrogens (primary N) is 1. The molecule has 1 aromatic rings. The predicted octanol–water partition coefficient (Wildman–Crippen LogP) is 1.17. The molecule has 1 aromatic carbocycles. The Balaban J connectivity index is 2.74. The van der Waals surface area contributed by atoms with Gasteiger partial charge in [-0.05, 0) is 11.0 Å². The summed E-state index contributed by atoms with van der Waals surface area (Å²) in [5, 5.41) is 11.7. The molecule has 0 saturated carbocycles. The molecular weight excluding hydrogens is 256 g/mol. The van der Waals surface area contributed by atoms with Crippen LogP contribution in [0.15, 0.2) is 30.3 Å². The van der Waals surface area contributed by atoms with Crippen molar-refractivity contribution in [3.8, 4) is 0 Å². The summed E-state index contributed by atoms with van der Waals surface area (Å²) in [5.74, 6) is -1.51. The van der Waals surface area contributed by atoms with Gasteiger partial charge in [-0.25, -0.2) is 4.79 Å². The molecule has 0 radical (unpaired) electrons. The van der Waals surface area contributed by atoms with Crippen molar-refractivity contribution >= 4 is 11.9 Å². The largest absolute Gasteiger partial charge is 0.480 e. The normalized spacial score (nSPS) is 14.4. The lowest BCUT2D eigenvalue weighted by Gasteiger charge is -2.27. The molecule has 0 bridgehead atoms. The van der Waals surface area contributed by atoms with E-state index in [2.05, 4.69) is 5.32 Å². The molecule has 0 saturated heterocycles. The van der Waals surface area contributed by atoms with Gasteiger partial charge in [0, 0.05) is 6.42 Å². The second-order valence-corrected chi connectivity index (χ2v) is 5.93. The number of hydrogen-bond donors (Lipinski definition) is 3. The van der Waals surface area contributed by atoms with Gasteiger partial charge in [0.1, 0.15) is 6.04 Å². The Morgan fingerprint density at radius 2 is 1.80 bits per heavy atom. The number of hydrogen-bond acceptors (Lipinski definition) is 3. The van der Waals surface area contributed by atoms with Crippen LogP contribution in [-0.4, -0.2) is 29.1 Å². The fourth-order valence-electron chi connectivity index (χ4n) is 1.70. The Bertz CT molecular complexity index is 466. The first-order chi connectivity index (χ1) is 9.21. The van der Waals surface area contributed by atoms with E-state index in [-0.39, 0.29) is 6.42 Å². The molecule has 4 N–H and O–H groups in total. The molecule has 5 heteroatoms. The number of rotatable bonds is 5. The zero-order valence-electron chi connectivity index (χ0n) is 12.1. The minimum Gasteiger partial charge on any atom is -0.480 e. The minimum absolute atomic E-state index is 0.235. The highest BCUT2D eigenvalue weighted by Crippen LogP contribution is 2.17. The van der Waals surface area contributed by atoms with Gasteiger partial charge in [-0.15, -0.1) is 0 Å². The van der Waals surface area contributed by atoms with Gasteiger partial charge in [0.15, 0.2) is 0 Å². The van der Waals surface area contributed by atoms with Crippen molar-refractivity contribution in [1.29, 1.82) is 0 Å². The van der Waals surface area contributed by atoms with Crippen LogP contribution in [0.25, 0.3) is 0 Å². The number of nitrogens with one attached hydrogen (secondary N) is 1. The third kappa shape index (κ3) is 4.66. The second-order valence-electron chi connectivity index (χ2n) is 5.93. The van der Waals surface area contributed by atoms with Crippen molar-refractivity contribution in [2.75, 3.05) is 0 Å². The van der Waals surface area contributed by atoms with Gasteiger partial charge in [0.2, 0.25) is 5.91 Å². The van der Waals surface area contributed by atoms with Crippen LogP contribution in [-0.2, 0) is 16.0 Å². The average molecular weight is 278 g/mol. The van der Waals surface area contributed by atoms with Crippen LogP contribution < -0.4 is 11.1 Å². The molecule has 2 atom stereocenters. The lowest BCUT2D eigenvalue weighted by molar-refractivity contribution is -0.142. The van der Waals surface area contributed by atoms with Crippen molar-refractivity contribution in [2.45, 2.75) is 39.3 Å². The van der Waals surface area contributed by atoms with Gasteiger partial charge in [0.25, 0.3) is 0 Å². The summed E-state index contributed by atoms with van der Waals surface area (Å²) in [7, 11) is 0. The number of aliphatic carboxylic acids is 1. The number of amides is 1. The van der Waals surface area contributed by atoms with Crippen LogP contribution >= 0.6 is 0 Å². The number of carboxylic acid groups (broad SMARTS) is 1. The summed E-state index contributed by atoms with van der Waals surface area (Å²) in [6.45, 7) is 5.51. The molecule has 0 aliphatic rings. The highest BCUT2D eigenvalue weighted by atomic mass is 16.4. The van der Waals surface area contributed by atoms with Crippen molar-refractivity contribution in [3.05, 3.63) is 35.9 Å². The zero-order chi connectivity index (χ0) is 15.3. The van der Waals surface area contributed by atoms with E-state index in [4.69, 9.17) is 5.73 Å². The number of carbonyl (C=O) groups excluding carboxylic acids is 1. The van der Waals surface area contributed by atoms with Crippen molar-refractivity contribution in [1.82, 2.24) is 5.32 Å². The van der Waals surface area contributed by atoms with Crippen LogP contribution in [0.2, 0.25) is 0 Å². The highest BCUT2D eigenvalue weighted by molar-refractivity contribution is 5.87. The van der Waals surface area contributed by atoms with E-state index in [1.807, 2.05) is 51.1 Å². The molecule has 0 heterocycles. The lowest BCUT2D eigenvalue weighted by Crippen LogP contribution is -2.53. The molecule has 20 heavy (non-hydrogen) atoms. The SMILES string of the molecule is CC(C)(C)[C@H](N)C(=O)N[C@H](Cc1ccccc1)C(=O)O.